The van der Waals surface area contributed by atoms with Gasteiger partial charge in [-0.2, -0.15) is 0 Å². The summed E-state index contributed by atoms with van der Waals surface area (Å²) < 4.78 is 26.2. The zero-order valence-electron chi connectivity index (χ0n) is 8.04. The van der Waals surface area contributed by atoms with E-state index in [9.17, 15) is 8.78 Å². The maximum Gasteiger partial charge on any atom is 0.132 e. The van der Waals surface area contributed by atoms with E-state index < -0.39 is 11.6 Å². The van der Waals surface area contributed by atoms with Crippen molar-refractivity contribution >= 4 is 0 Å². The SMILES string of the molecule is Cc1cnc(-c2cc(F)ccc2F)cn1. The van der Waals surface area contributed by atoms with Gasteiger partial charge in [0.05, 0.1) is 17.6 Å². The maximum absolute atomic E-state index is 13.3. The van der Waals surface area contributed by atoms with Crippen LogP contribution in [0.1, 0.15) is 5.69 Å². The second-order valence-corrected chi connectivity index (χ2v) is 3.17. The molecule has 0 unspecified atom stereocenters. The van der Waals surface area contributed by atoms with E-state index in [1.54, 1.807) is 6.92 Å². The summed E-state index contributed by atoms with van der Waals surface area (Å²) >= 11 is 0. The highest BCUT2D eigenvalue weighted by atomic mass is 19.1. The predicted octanol–water partition coefficient (Wildman–Crippen LogP) is 2.73. The molecule has 0 saturated heterocycles. The van der Waals surface area contributed by atoms with E-state index >= 15 is 0 Å². The van der Waals surface area contributed by atoms with Crippen molar-refractivity contribution in [3.63, 3.8) is 0 Å². The largest absolute Gasteiger partial charge is 0.258 e. The number of halogens is 2. The number of aryl methyl sites for hydroxylation is 1. The zero-order chi connectivity index (χ0) is 10.8. The highest BCUT2D eigenvalue weighted by molar-refractivity contribution is 5.58. The normalized spacial score (nSPS) is 10.3. The summed E-state index contributed by atoms with van der Waals surface area (Å²) in [5.41, 5.74) is 1.19. The van der Waals surface area contributed by atoms with Gasteiger partial charge < -0.3 is 0 Å². The van der Waals surface area contributed by atoms with Crippen LogP contribution in [0.2, 0.25) is 0 Å². The van der Waals surface area contributed by atoms with Crippen LogP contribution < -0.4 is 0 Å². The van der Waals surface area contributed by atoms with Gasteiger partial charge in [0.1, 0.15) is 11.6 Å². The van der Waals surface area contributed by atoms with Crippen LogP contribution in [-0.4, -0.2) is 9.97 Å². The Kier molecular flexibility index (Phi) is 2.41. The Hall–Kier alpha value is -1.84. The molecule has 0 spiro atoms. The molecular formula is C11H8F2N2. The van der Waals surface area contributed by atoms with E-state index in [1.165, 1.54) is 12.4 Å². The Bertz CT molecular complexity index is 480. The molecular weight excluding hydrogens is 198 g/mol. The monoisotopic (exact) mass is 206 g/mol. The van der Waals surface area contributed by atoms with Crippen LogP contribution in [-0.2, 0) is 0 Å². The highest BCUT2D eigenvalue weighted by Gasteiger charge is 2.07. The second kappa shape index (κ2) is 3.73. The molecule has 2 nitrogen and oxygen atoms in total. The van der Waals surface area contributed by atoms with Crippen molar-refractivity contribution < 1.29 is 8.78 Å². The van der Waals surface area contributed by atoms with Gasteiger partial charge in [-0.1, -0.05) is 0 Å². The molecule has 0 aliphatic heterocycles. The Morgan fingerprint density at radius 1 is 1.07 bits per heavy atom. The lowest BCUT2D eigenvalue weighted by Crippen LogP contribution is -1.91. The summed E-state index contributed by atoms with van der Waals surface area (Å²) in [5, 5.41) is 0. The average Bonchev–Trinajstić information content (AvgIpc) is 2.23. The van der Waals surface area contributed by atoms with Crippen LogP contribution in [0, 0.1) is 18.6 Å². The van der Waals surface area contributed by atoms with Gasteiger partial charge in [0, 0.05) is 11.8 Å². The highest BCUT2D eigenvalue weighted by Crippen LogP contribution is 2.20. The summed E-state index contributed by atoms with van der Waals surface area (Å²) in [6.07, 6.45) is 2.94. The first-order chi connectivity index (χ1) is 7.16. The van der Waals surface area contributed by atoms with E-state index in [4.69, 9.17) is 0 Å². The van der Waals surface area contributed by atoms with Crippen LogP contribution in [0.5, 0.6) is 0 Å². The van der Waals surface area contributed by atoms with E-state index in [2.05, 4.69) is 9.97 Å². The van der Waals surface area contributed by atoms with Crippen LogP contribution >= 0.6 is 0 Å². The molecule has 0 fully saturated rings. The molecule has 1 aromatic carbocycles. The number of rotatable bonds is 1. The fourth-order valence-corrected chi connectivity index (χ4v) is 1.23. The standard InChI is InChI=1S/C11H8F2N2/c1-7-5-15-11(6-14-7)9-4-8(12)2-3-10(9)13/h2-6H,1H3. The minimum absolute atomic E-state index is 0.127. The molecule has 76 valence electrons. The Morgan fingerprint density at radius 3 is 2.53 bits per heavy atom. The minimum atomic E-state index is -0.505. The molecule has 0 radical (unpaired) electrons. The lowest BCUT2D eigenvalue weighted by Gasteiger charge is -2.02. The molecule has 1 aromatic heterocycles. The number of hydrogen-bond donors (Lipinski definition) is 0. The zero-order valence-corrected chi connectivity index (χ0v) is 8.04. The first-order valence-electron chi connectivity index (χ1n) is 4.41. The summed E-state index contributed by atoms with van der Waals surface area (Å²) in [7, 11) is 0. The van der Waals surface area contributed by atoms with Gasteiger partial charge in [-0.05, 0) is 25.1 Å². The molecule has 0 saturated carbocycles. The van der Waals surface area contributed by atoms with Gasteiger partial charge in [-0.15, -0.1) is 0 Å². The number of hydrogen-bond acceptors (Lipinski definition) is 2. The van der Waals surface area contributed by atoms with Gasteiger partial charge in [0.25, 0.3) is 0 Å². The molecule has 2 rings (SSSR count). The molecule has 2 aromatic rings. The first kappa shape index (κ1) is 9.71. The third-order valence-corrected chi connectivity index (χ3v) is 1.99. The summed E-state index contributed by atoms with van der Waals surface area (Å²) in [6.45, 7) is 1.78. The molecule has 0 atom stereocenters. The average molecular weight is 206 g/mol. The van der Waals surface area contributed by atoms with Crippen molar-refractivity contribution in [1.29, 1.82) is 0 Å². The van der Waals surface area contributed by atoms with Crippen molar-refractivity contribution in [2.45, 2.75) is 6.92 Å². The summed E-state index contributed by atoms with van der Waals surface area (Å²) in [4.78, 5) is 7.96. The van der Waals surface area contributed by atoms with E-state index in [0.29, 0.717) is 5.69 Å². The third kappa shape index (κ3) is 1.98. The minimum Gasteiger partial charge on any atom is -0.258 e. The van der Waals surface area contributed by atoms with Crippen LogP contribution in [0.25, 0.3) is 11.3 Å². The lowest BCUT2D eigenvalue weighted by atomic mass is 10.1. The van der Waals surface area contributed by atoms with Gasteiger partial charge in [0.15, 0.2) is 0 Å². The number of aromatic nitrogens is 2. The number of nitrogens with zero attached hydrogens (tertiary/aromatic N) is 2. The Labute approximate surface area is 85.6 Å². The molecule has 0 aliphatic carbocycles. The van der Waals surface area contributed by atoms with Gasteiger partial charge in [-0.3, -0.25) is 9.97 Å². The van der Waals surface area contributed by atoms with Crippen LogP contribution in [0.4, 0.5) is 8.78 Å². The fraction of sp³-hybridized carbons (Fsp3) is 0.0909. The van der Waals surface area contributed by atoms with Crippen molar-refractivity contribution in [1.82, 2.24) is 9.97 Å². The van der Waals surface area contributed by atoms with E-state index in [-0.39, 0.29) is 5.56 Å². The van der Waals surface area contributed by atoms with Crippen molar-refractivity contribution in [2.75, 3.05) is 0 Å². The van der Waals surface area contributed by atoms with Gasteiger partial charge in [0.2, 0.25) is 0 Å². The van der Waals surface area contributed by atoms with Crippen LogP contribution in [0.3, 0.4) is 0 Å². The quantitative estimate of drug-likeness (QED) is 0.716. The Morgan fingerprint density at radius 2 is 1.87 bits per heavy atom. The van der Waals surface area contributed by atoms with E-state index in [0.717, 1.165) is 23.9 Å². The van der Waals surface area contributed by atoms with Crippen molar-refractivity contribution in [3.8, 4) is 11.3 Å². The van der Waals surface area contributed by atoms with Gasteiger partial charge >= 0.3 is 0 Å². The second-order valence-electron chi connectivity index (χ2n) is 3.17. The maximum atomic E-state index is 13.3. The fourth-order valence-electron chi connectivity index (χ4n) is 1.23. The Balaban J connectivity index is 2.53. The van der Waals surface area contributed by atoms with Crippen molar-refractivity contribution in [3.05, 3.63) is 47.9 Å². The van der Waals surface area contributed by atoms with Crippen LogP contribution in [0.15, 0.2) is 30.6 Å². The molecule has 0 bridgehead atoms. The molecule has 0 N–H and O–H groups in total. The van der Waals surface area contributed by atoms with E-state index in [1.807, 2.05) is 0 Å². The third-order valence-electron chi connectivity index (χ3n) is 1.99. The predicted molar refractivity (Wildman–Crippen MR) is 52.1 cm³/mol. The lowest BCUT2D eigenvalue weighted by molar-refractivity contribution is 0.602. The van der Waals surface area contributed by atoms with Crippen molar-refractivity contribution in [2.24, 2.45) is 0 Å². The summed E-state index contributed by atoms with van der Waals surface area (Å²) in [6, 6.07) is 3.25. The number of benzene rings is 1. The molecule has 1 heterocycles. The smallest absolute Gasteiger partial charge is 0.132 e. The molecule has 4 heteroatoms. The summed E-state index contributed by atoms with van der Waals surface area (Å²) in [5.74, 6) is -0.997. The first-order valence-corrected chi connectivity index (χ1v) is 4.41. The molecule has 15 heavy (non-hydrogen) atoms. The molecule has 0 amide bonds. The topological polar surface area (TPSA) is 25.8 Å². The molecule has 0 aliphatic rings. The van der Waals surface area contributed by atoms with Gasteiger partial charge in [-0.25, -0.2) is 8.78 Å².